The van der Waals surface area contributed by atoms with Crippen LogP contribution < -0.4 is 0 Å². The maximum absolute atomic E-state index is 12.8. The Kier molecular flexibility index (Phi) is 5.89. The van der Waals surface area contributed by atoms with E-state index in [2.05, 4.69) is 13.8 Å². The summed E-state index contributed by atoms with van der Waals surface area (Å²) in [6.45, 7) is 8.99. The van der Waals surface area contributed by atoms with Gasteiger partial charge in [0.05, 0.1) is 19.3 Å². The fourth-order valence-electron chi connectivity index (χ4n) is 3.81. The van der Waals surface area contributed by atoms with Crippen molar-refractivity contribution in [2.24, 2.45) is 5.41 Å². The van der Waals surface area contributed by atoms with Gasteiger partial charge in [0.1, 0.15) is 5.78 Å². The van der Waals surface area contributed by atoms with Crippen LogP contribution in [0.3, 0.4) is 0 Å². The number of fused-ring (bicyclic) bond motifs is 1. The van der Waals surface area contributed by atoms with E-state index >= 15 is 0 Å². The van der Waals surface area contributed by atoms with E-state index in [-0.39, 0.29) is 35.4 Å². The largest absolute Gasteiger partial charge is 0.381 e. The molecule has 5 heteroatoms. The summed E-state index contributed by atoms with van der Waals surface area (Å²) in [7, 11) is 1.60. The van der Waals surface area contributed by atoms with E-state index in [1.807, 2.05) is 38.1 Å². The highest BCUT2D eigenvalue weighted by Crippen LogP contribution is 2.43. The number of hydrogen-bond donors (Lipinski definition) is 0. The first kappa shape index (κ1) is 20.9. The van der Waals surface area contributed by atoms with Gasteiger partial charge in [0, 0.05) is 36.8 Å². The number of hydrogen-bond acceptors (Lipinski definition) is 5. The number of ether oxygens (including phenoxy) is 3. The van der Waals surface area contributed by atoms with Crippen molar-refractivity contribution in [3.8, 4) is 0 Å². The molecule has 28 heavy (non-hydrogen) atoms. The smallest absolute Gasteiger partial charge is 0.186 e. The molecule has 1 aliphatic carbocycles. The summed E-state index contributed by atoms with van der Waals surface area (Å²) in [5, 5.41) is 0. The summed E-state index contributed by atoms with van der Waals surface area (Å²) in [6.07, 6.45) is 3.79. The average Bonchev–Trinajstić information content (AvgIpc) is 3.04. The molecule has 1 heterocycles. The van der Waals surface area contributed by atoms with Gasteiger partial charge in [0.15, 0.2) is 11.6 Å². The van der Waals surface area contributed by atoms with E-state index in [1.54, 1.807) is 13.2 Å². The predicted octanol–water partition coefficient (Wildman–Crippen LogP) is 4.15. The molecule has 1 saturated heterocycles. The molecule has 0 bridgehead atoms. The highest BCUT2D eigenvalue weighted by atomic mass is 16.7. The van der Waals surface area contributed by atoms with Crippen molar-refractivity contribution >= 4 is 17.6 Å². The summed E-state index contributed by atoms with van der Waals surface area (Å²) < 4.78 is 17.6. The van der Waals surface area contributed by atoms with Gasteiger partial charge in [-0.1, -0.05) is 38.1 Å². The summed E-state index contributed by atoms with van der Waals surface area (Å²) in [6, 6.07) is 5.75. The summed E-state index contributed by atoms with van der Waals surface area (Å²) in [4.78, 5) is 25.3. The van der Waals surface area contributed by atoms with E-state index in [1.165, 1.54) is 0 Å². The maximum Gasteiger partial charge on any atom is 0.186 e. The minimum atomic E-state index is -0.973. The first-order valence-electron chi connectivity index (χ1n) is 9.83. The molecule has 1 aromatic carbocycles. The number of carbonyl (C=O) groups is 2. The van der Waals surface area contributed by atoms with Crippen molar-refractivity contribution in [3.63, 3.8) is 0 Å². The van der Waals surface area contributed by atoms with Crippen LogP contribution in [-0.2, 0) is 19.0 Å². The van der Waals surface area contributed by atoms with Gasteiger partial charge >= 0.3 is 0 Å². The molecule has 0 spiro atoms. The van der Waals surface area contributed by atoms with Crippen molar-refractivity contribution in [2.75, 3.05) is 20.3 Å². The molecular formula is C23H30O5. The average molecular weight is 386 g/mol. The van der Waals surface area contributed by atoms with E-state index in [9.17, 15) is 9.59 Å². The summed E-state index contributed by atoms with van der Waals surface area (Å²) in [5.74, 6) is -1.32. The zero-order valence-corrected chi connectivity index (χ0v) is 17.4. The van der Waals surface area contributed by atoms with Crippen molar-refractivity contribution in [2.45, 2.75) is 58.3 Å². The van der Waals surface area contributed by atoms with Crippen LogP contribution in [0.4, 0.5) is 0 Å². The molecule has 0 aromatic heterocycles. The van der Waals surface area contributed by atoms with Gasteiger partial charge < -0.3 is 14.2 Å². The van der Waals surface area contributed by atoms with E-state index in [0.29, 0.717) is 25.2 Å². The van der Waals surface area contributed by atoms with Crippen LogP contribution >= 0.6 is 0 Å². The first-order chi connectivity index (χ1) is 13.1. The second-order valence-electron chi connectivity index (χ2n) is 8.81. The van der Waals surface area contributed by atoms with Crippen molar-refractivity contribution < 1.29 is 23.8 Å². The van der Waals surface area contributed by atoms with Crippen LogP contribution in [-0.4, -0.2) is 43.8 Å². The molecule has 0 radical (unpaired) electrons. The van der Waals surface area contributed by atoms with E-state index in [0.717, 1.165) is 11.1 Å². The molecule has 2 aliphatic rings. The van der Waals surface area contributed by atoms with Crippen LogP contribution in [0.25, 0.3) is 6.08 Å². The van der Waals surface area contributed by atoms with E-state index < -0.39 is 5.79 Å². The Morgan fingerprint density at radius 1 is 1.14 bits per heavy atom. The molecule has 2 unspecified atom stereocenters. The lowest BCUT2D eigenvalue weighted by Crippen LogP contribution is -2.50. The molecule has 0 saturated carbocycles. The second kappa shape index (κ2) is 7.90. The van der Waals surface area contributed by atoms with Crippen LogP contribution in [0.2, 0.25) is 0 Å². The third kappa shape index (κ3) is 4.27. The summed E-state index contributed by atoms with van der Waals surface area (Å²) in [5.41, 5.74) is 2.26. The number of rotatable bonds is 7. The fraction of sp³-hybridized carbons (Fsp3) is 0.565. The maximum atomic E-state index is 12.8. The lowest BCUT2D eigenvalue weighted by atomic mass is 9.81. The van der Waals surface area contributed by atoms with Crippen LogP contribution in [0.5, 0.6) is 0 Å². The Labute approximate surface area is 167 Å². The number of allylic oxidation sites excluding steroid dienone is 1. The van der Waals surface area contributed by atoms with Crippen LogP contribution in [0, 0.1) is 5.41 Å². The topological polar surface area (TPSA) is 61.8 Å². The molecule has 1 aliphatic heterocycles. The third-order valence-corrected chi connectivity index (χ3v) is 5.65. The standard InChI is InChI=1S/C23H30O5/c1-15(26-5)11-17(24)12-19(23(4)27-13-22(2,3)14-28-23)18-8-6-7-16-9-10-20(25)21(16)18/h6-10,15,19H,11-14H2,1-5H3. The lowest BCUT2D eigenvalue weighted by molar-refractivity contribution is -0.300. The minimum absolute atomic E-state index is 0.0342. The number of ketones is 2. The highest BCUT2D eigenvalue weighted by molar-refractivity contribution is 6.14. The third-order valence-electron chi connectivity index (χ3n) is 5.65. The van der Waals surface area contributed by atoms with Gasteiger partial charge in [-0.2, -0.15) is 0 Å². The van der Waals surface area contributed by atoms with Crippen molar-refractivity contribution in [3.05, 3.63) is 41.0 Å². The number of carbonyl (C=O) groups excluding carboxylic acids is 2. The Bertz CT molecular complexity index is 782. The van der Waals surface area contributed by atoms with Gasteiger partial charge in [0.2, 0.25) is 0 Å². The zero-order chi connectivity index (χ0) is 20.5. The molecule has 1 aromatic rings. The van der Waals surface area contributed by atoms with Gasteiger partial charge in [-0.3, -0.25) is 9.59 Å². The number of Topliss-reactive ketones (excluding diaryl/α,β-unsaturated/α-hetero) is 1. The predicted molar refractivity (Wildman–Crippen MR) is 107 cm³/mol. The summed E-state index contributed by atoms with van der Waals surface area (Å²) >= 11 is 0. The van der Waals surface area contributed by atoms with Gasteiger partial charge in [-0.05, 0) is 31.1 Å². The Hall–Kier alpha value is -1.82. The molecule has 3 rings (SSSR count). The number of methoxy groups -OCH3 is 1. The van der Waals surface area contributed by atoms with Crippen LogP contribution in [0.1, 0.15) is 67.9 Å². The molecule has 0 N–H and O–H groups in total. The van der Waals surface area contributed by atoms with Gasteiger partial charge in [0.25, 0.3) is 0 Å². The molecular weight excluding hydrogens is 356 g/mol. The van der Waals surface area contributed by atoms with Gasteiger partial charge in [-0.25, -0.2) is 0 Å². The van der Waals surface area contributed by atoms with Gasteiger partial charge in [-0.15, -0.1) is 0 Å². The van der Waals surface area contributed by atoms with Crippen molar-refractivity contribution in [1.29, 1.82) is 0 Å². The molecule has 152 valence electrons. The first-order valence-corrected chi connectivity index (χ1v) is 9.83. The highest BCUT2D eigenvalue weighted by Gasteiger charge is 2.45. The fourth-order valence-corrected chi connectivity index (χ4v) is 3.81. The normalized spacial score (nSPS) is 22.0. The Morgan fingerprint density at radius 2 is 1.82 bits per heavy atom. The zero-order valence-electron chi connectivity index (χ0n) is 17.4. The Morgan fingerprint density at radius 3 is 2.46 bits per heavy atom. The second-order valence-corrected chi connectivity index (χ2v) is 8.81. The quantitative estimate of drug-likeness (QED) is 0.704. The lowest BCUT2D eigenvalue weighted by Gasteiger charge is -2.46. The van der Waals surface area contributed by atoms with Crippen LogP contribution in [0.15, 0.2) is 24.3 Å². The molecule has 2 atom stereocenters. The number of benzene rings is 1. The SMILES string of the molecule is COC(C)CC(=O)CC(c1cccc2c1C(=O)C=C2)C1(C)OCC(C)(C)CO1. The molecule has 1 fully saturated rings. The monoisotopic (exact) mass is 386 g/mol. The minimum Gasteiger partial charge on any atom is -0.381 e. The Balaban J connectivity index is 1.96. The van der Waals surface area contributed by atoms with Crippen molar-refractivity contribution in [1.82, 2.24) is 0 Å². The molecule has 5 nitrogen and oxygen atoms in total. The molecule has 0 amide bonds. The van der Waals surface area contributed by atoms with E-state index in [4.69, 9.17) is 14.2 Å².